The topological polar surface area (TPSA) is 38.7 Å². The highest BCUT2D eigenvalue weighted by Gasteiger charge is 2.17. The van der Waals surface area contributed by atoms with Gasteiger partial charge in [0, 0.05) is 33.8 Å². The second-order valence-electron chi connectivity index (χ2n) is 5.31. The fourth-order valence-corrected chi connectivity index (χ4v) is 3.70. The van der Waals surface area contributed by atoms with Crippen molar-refractivity contribution >= 4 is 45.2 Å². The Hall–Kier alpha value is -2.37. The van der Waals surface area contributed by atoms with Gasteiger partial charge in [-0.15, -0.1) is 10.2 Å². The molecule has 0 N–H and O–H groups in total. The van der Waals surface area contributed by atoms with Gasteiger partial charge in [0.2, 0.25) is 0 Å². The molecule has 3 nitrogen and oxygen atoms in total. The summed E-state index contributed by atoms with van der Waals surface area (Å²) < 4.78 is 0. The minimum absolute atomic E-state index is 0.779. The van der Waals surface area contributed by atoms with Gasteiger partial charge in [-0.25, -0.2) is 4.98 Å². The summed E-state index contributed by atoms with van der Waals surface area (Å²) in [7, 11) is 0. The van der Waals surface area contributed by atoms with E-state index in [1.165, 1.54) is 11.8 Å². The Morgan fingerprint density at radius 3 is 2.58 bits per heavy atom. The summed E-state index contributed by atoms with van der Waals surface area (Å²) in [6.45, 7) is 0. The molecule has 0 radical (unpaired) electrons. The van der Waals surface area contributed by atoms with Gasteiger partial charge in [-0.05, 0) is 23.9 Å². The summed E-state index contributed by atoms with van der Waals surface area (Å²) in [6.07, 6.45) is 8.67. The molecule has 0 saturated heterocycles. The molecule has 3 aromatic rings. The normalized spacial score (nSPS) is 14.0. The van der Waals surface area contributed by atoms with Crippen molar-refractivity contribution in [2.75, 3.05) is 0 Å². The number of rotatable bonds is 3. The van der Waals surface area contributed by atoms with Gasteiger partial charge in [-0.1, -0.05) is 60.8 Å². The quantitative estimate of drug-likeness (QED) is 0.631. The van der Waals surface area contributed by atoms with Gasteiger partial charge in [-0.3, -0.25) is 0 Å². The zero-order valence-electron chi connectivity index (χ0n) is 12.7. The molecule has 0 bridgehead atoms. The molecule has 4 rings (SSSR count). The van der Waals surface area contributed by atoms with Crippen molar-refractivity contribution in [1.82, 2.24) is 15.2 Å². The van der Waals surface area contributed by atoms with Gasteiger partial charge in [0.05, 0.1) is 0 Å². The first kappa shape index (κ1) is 15.2. The molecular weight excluding hydrogens is 334 g/mol. The van der Waals surface area contributed by atoms with Crippen LogP contribution in [0.5, 0.6) is 0 Å². The standard InChI is InChI=1S/C19H13N3S2/c23-16-10-4-3-9-15(16)18-13-7-1-2-8-14(13)19(22-21-18)24-17-11-5-6-12-20-17/h1-9,11-12H,10H2. The average molecular weight is 347 g/mol. The number of allylic oxidation sites excluding steroid dienone is 4. The molecule has 0 unspecified atom stereocenters. The van der Waals surface area contributed by atoms with E-state index in [1.54, 1.807) is 6.20 Å². The average Bonchev–Trinajstić information content (AvgIpc) is 2.64. The zero-order chi connectivity index (χ0) is 16.4. The Kier molecular flexibility index (Phi) is 4.19. The Bertz CT molecular complexity index is 978. The highest BCUT2D eigenvalue weighted by Crippen LogP contribution is 2.34. The number of aromatic nitrogens is 3. The molecule has 0 atom stereocenters. The van der Waals surface area contributed by atoms with Crippen molar-refractivity contribution in [2.24, 2.45) is 0 Å². The lowest BCUT2D eigenvalue weighted by molar-refractivity contribution is 0.941. The number of hydrogen-bond donors (Lipinski definition) is 0. The number of nitrogens with zero attached hydrogens (tertiary/aromatic N) is 3. The highest BCUT2D eigenvalue weighted by molar-refractivity contribution is 7.99. The van der Waals surface area contributed by atoms with Gasteiger partial charge >= 0.3 is 0 Å². The maximum atomic E-state index is 5.51. The van der Waals surface area contributed by atoms with E-state index in [0.29, 0.717) is 0 Å². The third-order valence-corrected chi connectivity index (χ3v) is 5.08. The highest BCUT2D eigenvalue weighted by atomic mass is 32.2. The summed E-state index contributed by atoms with van der Waals surface area (Å²) in [5.74, 6) is 0. The van der Waals surface area contributed by atoms with Gasteiger partial charge in [0.25, 0.3) is 0 Å². The summed E-state index contributed by atoms with van der Waals surface area (Å²) in [5, 5.41) is 12.8. The van der Waals surface area contributed by atoms with Crippen LogP contribution in [0.25, 0.3) is 16.3 Å². The van der Waals surface area contributed by atoms with Crippen molar-refractivity contribution in [3.05, 3.63) is 72.6 Å². The van der Waals surface area contributed by atoms with Crippen LogP contribution in [0.2, 0.25) is 0 Å². The van der Waals surface area contributed by atoms with Crippen LogP contribution in [0.1, 0.15) is 12.1 Å². The molecule has 2 heterocycles. The predicted octanol–water partition coefficient (Wildman–Crippen LogP) is 4.89. The molecule has 0 amide bonds. The lowest BCUT2D eigenvalue weighted by atomic mass is 9.98. The minimum Gasteiger partial charge on any atom is -0.250 e. The van der Waals surface area contributed by atoms with E-state index < -0.39 is 0 Å². The van der Waals surface area contributed by atoms with Crippen molar-refractivity contribution in [2.45, 2.75) is 16.5 Å². The zero-order valence-corrected chi connectivity index (χ0v) is 14.3. The molecule has 1 aromatic carbocycles. The third kappa shape index (κ3) is 2.88. The van der Waals surface area contributed by atoms with Gasteiger partial charge in [0.1, 0.15) is 15.7 Å². The van der Waals surface area contributed by atoms with Crippen LogP contribution in [0.15, 0.2) is 76.9 Å². The van der Waals surface area contributed by atoms with Gasteiger partial charge in [-0.2, -0.15) is 0 Å². The largest absolute Gasteiger partial charge is 0.250 e. The molecule has 1 aliphatic rings. The first-order valence-electron chi connectivity index (χ1n) is 7.57. The smallest absolute Gasteiger partial charge is 0.133 e. The monoisotopic (exact) mass is 347 g/mol. The second-order valence-corrected chi connectivity index (χ2v) is 6.81. The molecular formula is C19H13N3S2. The summed E-state index contributed by atoms with van der Waals surface area (Å²) >= 11 is 7.03. The molecule has 116 valence electrons. The van der Waals surface area contributed by atoms with E-state index in [-0.39, 0.29) is 0 Å². The molecule has 24 heavy (non-hydrogen) atoms. The summed E-state index contributed by atoms with van der Waals surface area (Å²) in [6, 6.07) is 14.0. The fourth-order valence-electron chi connectivity index (χ4n) is 2.61. The lowest BCUT2D eigenvalue weighted by Gasteiger charge is -2.13. The first-order valence-corrected chi connectivity index (χ1v) is 8.80. The van der Waals surface area contributed by atoms with Crippen molar-refractivity contribution in [3.8, 4) is 0 Å². The summed E-state index contributed by atoms with van der Waals surface area (Å²) in [5.41, 5.74) is 1.84. The molecule has 0 fully saturated rings. The fraction of sp³-hybridized carbons (Fsp3) is 0.0526. The van der Waals surface area contributed by atoms with Crippen LogP contribution in [-0.4, -0.2) is 20.0 Å². The van der Waals surface area contributed by atoms with E-state index in [4.69, 9.17) is 12.2 Å². The van der Waals surface area contributed by atoms with Crippen LogP contribution >= 0.6 is 24.0 Å². The Labute approximate surface area is 149 Å². The van der Waals surface area contributed by atoms with E-state index in [1.807, 2.05) is 42.5 Å². The maximum absolute atomic E-state index is 5.51. The SMILES string of the molecule is S=C1CC=CC=C1c1nnc(Sc2ccccn2)c2ccccc12. The van der Waals surface area contributed by atoms with E-state index in [0.717, 1.165) is 43.4 Å². The molecule has 1 aliphatic carbocycles. The molecule has 5 heteroatoms. The number of benzene rings is 1. The minimum atomic E-state index is 0.779. The Morgan fingerprint density at radius 2 is 1.79 bits per heavy atom. The number of thiocarbonyl (C=S) groups is 1. The van der Waals surface area contributed by atoms with Gasteiger partial charge < -0.3 is 0 Å². The predicted molar refractivity (Wildman–Crippen MR) is 102 cm³/mol. The Morgan fingerprint density at radius 1 is 0.958 bits per heavy atom. The van der Waals surface area contributed by atoms with Crippen LogP contribution in [0.4, 0.5) is 0 Å². The number of fused-ring (bicyclic) bond motifs is 1. The van der Waals surface area contributed by atoms with Gasteiger partial charge in [0.15, 0.2) is 0 Å². The van der Waals surface area contributed by atoms with Crippen LogP contribution in [0, 0.1) is 0 Å². The van der Waals surface area contributed by atoms with E-state index in [2.05, 4.69) is 33.4 Å². The molecule has 0 saturated carbocycles. The maximum Gasteiger partial charge on any atom is 0.133 e. The lowest BCUT2D eigenvalue weighted by Crippen LogP contribution is -2.05. The number of hydrogen-bond acceptors (Lipinski definition) is 5. The molecule has 0 spiro atoms. The second kappa shape index (κ2) is 6.63. The van der Waals surface area contributed by atoms with Crippen LogP contribution in [-0.2, 0) is 0 Å². The van der Waals surface area contributed by atoms with E-state index >= 15 is 0 Å². The third-order valence-electron chi connectivity index (χ3n) is 3.75. The summed E-state index contributed by atoms with van der Waals surface area (Å²) in [4.78, 5) is 5.26. The Balaban J connectivity index is 1.85. The van der Waals surface area contributed by atoms with Crippen LogP contribution < -0.4 is 0 Å². The number of pyridine rings is 1. The van der Waals surface area contributed by atoms with Crippen molar-refractivity contribution in [1.29, 1.82) is 0 Å². The van der Waals surface area contributed by atoms with Crippen LogP contribution in [0.3, 0.4) is 0 Å². The first-order chi connectivity index (χ1) is 11.8. The molecule has 2 aromatic heterocycles. The van der Waals surface area contributed by atoms with Crippen molar-refractivity contribution < 1.29 is 0 Å². The van der Waals surface area contributed by atoms with E-state index in [9.17, 15) is 0 Å². The molecule has 0 aliphatic heterocycles. The van der Waals surface area contributed by atoms with Crippen molar-refractivity contribution in [3.63, 3.8) is 0 Å².